The number of nitrogens with two attached hydrogens (primary N) is 1. The Kier molecular flexibility index (Phi) is 3.74. The van der Waals surface area contributed by atoms with Crippen LogP contribution in [0.4, 0.5) is 0 Å². The standard InChI is InChI=1S/C11H22N2S/c1-9-2-4-13(7-11(9)12)6-10-3-5-14-8-10/h9-11H,2-8,12H2,1H3. The minimum absolute atomic E-state index is 0.415. The molecule has 2 N–H and O–H groups in total. The molecule has 0 aromatic carbocycles. The zero-order chi connectivity index (χ0) is 9.97. The third kappa shape index (κ3) is 2.65. The molecule has 2 aliphatic heterocycles. The summed E-state index contributed by atoms with van der Waals surface area (Å²) in [5.41, 5.74) is 6.10. The fourth-order valence-electron chi connectivity index (χ4n) is 2.43. The third-order valence-corrected chi connectivity index (χ3v) is 4.87. The predicted octanol–water partition coefficient (Wildman–Crippen LogP) is 1.41. The number of likely N-dealkylation sites (tertiary alicyclic amines) is 1. The lowest BCUT2D eigenvalue weighted by Crippen LogP contribution is -2.48. The van der Waals surface area contributed by atoms with Gasteiger partial charge in [0.2, 0.25) is 0 Å². The van der Waals surface area contributed by atoms with Crippen LogP contribution in [0, 0.1) is 11.8 Å². The summed E-state index contributed by atoms with van der Waals surface area (Å²) in [6.45, 7) is 5.99. The van der Waals surface area contributed by atoms with Gasteiger partial charge in [-0.25, -0.2) is 0 Å². The molecule has 0 bridgehead atoms. The van der Waals surface area contributed by atoms with Gasteiger partial charge in [0.15, 0.2) is 0 Å². The highest BCUT2D eigenvalue weighted by atomic mass is 32.2. The Hall–Kier alpha value is 0.270. The van der Waals surface area contributed by atoms with Crippen LogP contribution in [0.2, 0.25) is 0 Å². The maximum absolute atomic E-state index is 6.10. The normalized spacial score (nSPS) is 40.3. The van der Waals surface area contributed by atoms with Crippen LogP contribution in [0.3, 0.4) is 0 Å². The lowest BCUT2D eigenvalue weighted by atomic mass is 9.93. The Morgan fingerprint density at radius 1 is 1.43 bits per heavy atom. The van der Waals surface area contributed by atoms with Gasteiger partial charge in [-0.15, -0.1) is 0 Å². The molecule has 3 atom stereocenters. The molecule has 2 nitrogen and oxygen atoms in total. The average molecular weight is 214 g/mol. The van der Waals surface area contributed by atoms with Crippen LogP contribution in [0.25, 0.3) is 0 Å². The summed E-state index contributed by atoms with van der Waals surface area (Å²) in [5.74, 6) is 4.42. The quantitative estimate of drug-likeness (QED) is 0.753. The molecule has 0 spiro atoms. The maximum Gasteiger partial charge on any atom is 0.0194 e. The highest BCUT2D eigenvalue weighted by Gasteiger charge is 2.25. The van der Waals surface area contributed by atoms with Gasteiger partial charge in [-0.2, -0.15) is 11.8 Å². The van der Waals surface area contributed by atoms with E-state index in [1.54, 1.807) is 0 Å². The van der Waals surface area contributed by atoms with Crippen molar-refractivity contribution in [2.45, 2.75) is 25.8 Å². The van der Waals surface area contributed by atoms with E-state index in [1.807, 2.05) is 0 Å². The van der Waals surface area contributed by atoms with Crippen LogP contribution in [-0.2, 0) is 0 Å². The summed E-state index contributed by atoms with van der Waals surface area (Å²) >= 11 is 2.11. The molecule has 2 heterocycles. The van der Waals surface area contributed by atoms with E-state index in [9.17, 15) is 0 Å². The van der Waals surface area contributed by atoms with E-state index in [0.29, 0.717) is 6.04 Å². The number of piperidine rings is 1. The van der Waals surface area contributed by atoms with E-state index in [0.717, 1.165) is 18.4 Å². The van der Waals surface area contributed by atoms with E-state index < -0.39 is 0 Å². The molecule has 2 fully saturated rings. The molecule has 0 aromatic rings. The summed E-state index contributed by atoms with van der Waals surface area (Å²) in [7, 11) is 0. The van der Waals surface area contributed by atoms with E-state index in [4.69, 9.17) is 5.73 Å². The van der Waals surface area contributed by atoms with Gasteiger partial charge in [0.25, 0.3) is 0 Å². The van der Waals surface area contributed by atoms with Crippen molar-refractivity contribution in [3.63, 3.8) is 0 Å². The van der Waals surface area contributed by atoms with Gasteiger partial charge in [-0.1, -0.05) is 6.92 Å². The molecule has 0 saturated carbocycles. The molecule has 3 unspecified atom stereocenters. The van der Waals surface area contributed by atoms with Crippen LogP contribution in [0.1, 0.15) is 19.8 Å². The Morgan fingerprint density at radius 3 is 2.93 bits per heavy atom. The summed E-state index contributed by atoms with van der Waals surface area (Å²) in [6, 6.07) is 0.415. The number of rotatable bonds is 2. The Balaban J connectivity index is 1.75. The largest absolute Gasteiger partial charge is 0.326 e. The second-order valence-electron chi connectivity index (χ2n) is 4.92. The molecule has 14 heavy (non-hydrogen) atoms. The van der Waals surface area contributed by atoms with Crippen molar-refractivity contribution in [2.24, 2.45) is 17.6 Å². The summed E-state index contributed by atoms with van der Waals surface area (Å²) in [6.07, 6.45) is 2.72. The lowest BCUT2D eigenvalue weighted by Gasteiger charge is -2.36. The SMILES string of the molecule is CC1CCN(CC2CCSC2)CC1N. The van der Waals surface area contributed by atoms with Crippen molar-refractivity contribution in [3.05, 3.63) is 0 Å². The fraction of sp³-hybridized carbons (Fsp3) is 1.00. The van der Waals surface area contributed by atoms with E-state index in [2.05, 4.69) is 23.6 Å². The first kappa shape index (κ1) is 10.8. The van der Waals surface area contributed by atoms with E-state index in [1.165, 1.54) is 37.4 Å². The minimum atomic E-state index is 0.415. The Labute approximate surface area is 91.6 Å². The van der Waals surface area contributed by atoms with Gasteiger partial charge in [0.1, 0.15) is 0 Å². The van der Waals surface area contributed by atoms with E-state index >= 15 is 0 Å². The van der Waals surface area contributed by atoms with Gasteiger partial charge in [-0.05, 0) is 42.7 Å². The summed E-state index contributed by atoms with van der Waals surface area (Å²) in [5, 5.41) is 0. The highest BCUT2D eigenvalue weighted by Crippen LogP contribution is 2.25. The van der Waals surface area contributed by atoms with Crippen LogP contribution in [0.15, 0.2) is 0 Å². The average Bonchev–Trinajstić information content (AvgIpc) is 2.64. The summed E-state index contributed by atoms with van der Waals surface area (Å²) < 4.78 is 0. The van der Waals surface area contributed by atoms with Gasteiger partial charge < -0.3 is 10.6 Å². The molecule has 0 aliphatic carbocycles. The van der Waals surface area contributed by atoms with Crippen LogP contribution in [0.5, 0.6) is 0 Å². The van der Waals surface area contributed by atoms with Crippen LogP contribution >= 0.6 is 11.8 Å². The molecule has 0 amide bonds. The van der Waals surface area contributed by atoms with Crippen molar-refractivity contribution < 1.29 is 0 Å². The van der Waals surface area contributed by atoms with Crippen molar-refractivity contribution >= 4 is 11.8 Å². The van der Waals surface area contributed by atoms with Gasteiger partial charge >= 0.3 is 0 Å². The van der Waals surface area contributed by atoms with E-state index in [-0.39, 0.29) is 0 Å². The number of thioether (sulfide) groups is 1. The molecule has 2 saturated heterocycles. The monoisotopic (exact) mass is 214 g/mol. The fourth-order valence-corrected chi connectivity index (χ4v) is 3.70. The zero-order valence-electron chi connectivity index (χ0n) is 9.11. The van der Waals surface area contributed by atoms with Gasteiger partial charge in [0, 0.05) is 19.1 Å². The second-order valence-corrected chi connectivity index (χ2v) is 6.07. The molecule has 0 radical (unpaired) electrons. The molecular formula is C11H22N2S. The molecule has 0 aromatic heterocycles. The minimum Gasteiger partial charge on any atom is -0.326 e. The highest BCUT2D eigenvalue weighted by molar-refractivity contribution is 7.99. The van der Waals surface area contributed by atoms with Crippen molar-refractivity contribution in [1.29, 1.82) is 0 Å². The van der Waals surface area contributed by atoms with Gasteiger partial charge in [0.05, 0.1) is 0 Å². The zero-order valence-corrected chi connectivity index (χ0v) is 9.93. The molecular weight excluding hydrogens is 192 g/mol. The van der Waals surface area contributed by atoms with Crippen LogP contribution in [-0.4, -0.2) is 42.1 Å². The van der Waals surface area contributed by atoms with Gasteiger partial charge in [-0.3, -0.25) is 0 Å². The maximum atomic E-state index is 6.10. The lowest BCUT2D eigenvalue weighted by molar-refractivity contribution is 0.152. The molecule has 82 valence electrons. The Morgan fingerprint density at radius 2 is 2.29 bits per heavy atom. The number of hydrogen-bond donors (Lipinski definition) is 1. The molecule has 3 heteroatoms. The smallest absolute Gasteiger partial charge is 0.0194 e. The van der Waals surface area contributed by atoms with Crippen molar-refractivity contribution in [2.75, 3.05) is 31.1 Å². The molecule has 2 aliphatic rings. The molecule has 2 rings (SSSR count). The first-order chi connectivity index (χ1) is 6.75. The Bertz CT molecular complexity index is 180. The number of hydrogen-bond acceptors (Lipinski definition) is 3. The van der Waals surface area contributed by atoms with Crippen LogP contribution < -0.4 is 5.73 Å². The van der Waals surface area contributed by atoms with Crippen molar-refractivity contribution in [1.82, 2.24) is 4.90 Å². The second kappa shape index (κ2) is 4.86. The first-order valence-electron chi connectivity index (χ1n) is 5.81. The topological polar surface area (TPSA) is 29.3 Å². The number of nitrogens with zero attached hydrogens (tertiary/aromatic N) is 1. The summed E-state index contributed by atoms with van der Waals surface area (Å²) in [4.78, 5) is 2.58. The predicted molar refractivity (Wildman–Crippen MR) is 63.6 cm³/mol. The first-order valence-corrected chi connectivity index (χ1v) is 6.97. The van der Waals surface area contributed by atoms with Crippen molar-refractivity contribution in [3.8, 4) is 0 Å². The third-order valence-electron chi connectivity index (χ3n) is 3.64.